The third-order valence-corrected chi connectivity index (χ3v) is 5.03. The van der Waals surface area contributed by atoms with E-state index in [1.165, 1.54) is 0 Å². The molecule has 1 heterocycles. The van der Waals surface area contributed by atoms with Gasteiger partial charge >= 0.3 is 0 Å². The maximum absolute atomic E-state index is 12.8. The number of aromatic nitrogens is 2. The first-order chi connectivity index (χ1) is 15.5. The number of aliphatic hydroxyl groups is 1. The number of hydrogen-bond acceptors (Lipinski definition) is 4. The molecule has 1 aromatic heterocycles. The monoisotopic (exact) mass is 428 g/mol. The number of nitrogens with one attached hydrogen (secondary N) is 2. The predicted molar refractivity (Wildman–Crippen MR) is 127 cm³/mol. The largest absolute Gasteiger partial charge is 0.384 e. The van der Waals surface area contributed by atoms with Crippen LogP contribution < -0.4 is 5.32 Å². The number of amides is 1. The van der Waals surface area contributed by atoms with Gasteiger partial charge in [-0.1, -0.05) is 48.5 Å². The van der Waals surface area contributed by atoms with E-state index in [0.717, 1.165) is 28.1 Å². The van der Waals surface area contributed by atoms with E-state index in [1.807, 2.05) is 68.4 Å². The Bertz CT molecular complexity index is 1150. The van der Waals surface area contributed by atoms with Crippen LogP contribution in [0.4, 0.5) is 0 Å². The number of aryl methyl sites for hydroxylation is 2. The van der Waals surface area contributed by atoms with Gasteiger partial charge in [0.15, 0.2) is 0 Å². The maximum atomic E-state index is 12.8. The molecule has 0 spiro atoms. The Kier molecular flexibility index (Phi) is 7.89. The predicted octanol–water partition coefficient (Wildman–Crippen LogP) is 4.21. The Balaban J connectivity index is 1.82. The van der Waals surface area contributed by atoms with Crippen LogP contribution in [0.5, 0.6) is 0 Å². The minimum absolute atomic E-state index is 0.185. The zero-order chi connectivity index (χ0) is 22.9. The van der Waals surface area contributed by atoms with Gasteiger partial charge in [0, 0.05) is 48.0 Å². The molecule has 0 aliphatic rings. The van der Waals surface area contributed by atoms with Gasteiger partial charge in [-0.05, 0) is 37.1 Å². The van der Waals surface area contributed by atoms with Crippen molar-refractivity contribution in [3.63, 3.8) is 0 Å². The van der Waals surface area contributed by atoms with Gasteiger partial charge in [0.25, 0.3) is 5.91 Å². The van der Waals surface area contributed by atoms with E-state index in [-0.39, 0.29) is 12.5 Å². The molecule has 2 aromatic carbocycles. The third-order valence-electron chi connectivity index (χ3n) is 5.03. The van der Waals surface area contributed by atoms with Crippen LogP contribution in [0.15, 0.2) is 78.0 Å². The van der Waals surface area contributed by atoms with Gasteiger partial charge in [0.2, 0.25) is 0 Å². The molecule has 3 rings (SSSR count). The number of hydrogen-bond donors (Lipinski definition) is 3. The van der Waals surface area contributed by atoms with Crippen LogP contribution in [0.3, 0.4) is 0 Å². The van der Waals surface area contributed by atoms with E-state index >= 15 is 0 Å². The lowest BCUT2D eigenvalue weighted by Gasteiger charge is -2.09. The van der Waals surface area contributed by atoms with Crippen LogP contribution in [-0.2, 0) is 6.54 Å². The minimum Gasteiger partial charge on any atom is -0.384 e. The molecule has 3 aromatic rings. The van der Waals surface area contributed by atoms with Gasteiger partial charge < -0.3 is 15.4 Å². The lowest BCUT2D eigenvalue weighted by Crippen LogP contribution is -2.24. The van der Waals surface area contributed by atoms with Crippen LogP contribution >= 0.6 is 0 Å². The molecule has 6 heteroatoms. The average Bonchev–Trinajstić information content (AvgIpc) is 2.89. The number of aliphatic imine (C=N–C) groups is 1. The van der Waals surface area contributed by atoms with Crippen molar-refractivity contribution < 1.29 is 9.90 Å². The van der Waals surface area contributed by atoms with Crippen molar-refractivity contribution in [1.82, 2.24) is 15.3 Å². The van der Waals surface area contributed by atoms with E-state index in [0.29, 0.717) is 11.1 Å². The van der Waals surface area contributed by atoms with Crippen molar-refractivity contribution in [2.75, 3.05) is 7.05 Å². The summed E-state index contributed by atoms with van der Waals surface area (Å²) < 4.78 is 0. The number of carbonyl (C=O) groups excluding carboxylic acids is 1. The molecule has 0 bridgehead atoms. The Morgan fingerprint density at radius 2 is 1.84 bits per heavy atom. The van der Waals surface area contributed by atoms with Crippen LogP contribution in [0.2, 0.25) is 0 Å². The van der Waals surface area contributed by atoms with Crippen LogP contribution in [-0.4, -0.2) is 34.2 Å². The smallest absolute Gasteiger partial charge is 0.252 e. The fourth-order valence-electron chi connectivity index (χ4n) is 3.33. The molecule has 0 saturated carbocycles. The second kappa shape index (κ2) is 11.0. The van der Waals surface area contributed by atoms with E-state index < -0.39 is 6.10 Å². The van der Waals surface area contributed by atoms with Crippen molar-refractivity contribution in [2.45, 2.75) is 26.5 Å². The van der Waals surface area contributed by atoms with Crippen molar-refractivity contribution in [3.8, 4) is 0 Å². The number of H-pyrrole nitrogens is 1. The Morgan fingerprint density at radius 1 is 1.06 bits per heavy atom. The number of benzene rings is 2. The van der Waals surface area contributed by atoms with Crippen molar-refractivity contribution in [3.05, 3.63) is 112 Å². The highest BCUT2D eigenvalue weighted by Crippen LogP contribution is 2.20. The molecular formula is C26H28N4O2. The first-order valence-corrected chi connectivity index (χ1v) is 10.4. The number of nitrogens with zero attached hydrogens (tertiary/aromatic N) is 2. The zero-order valence-electron chi connectivity index (χ0n) is 18.5. The van der Waals surface area contributed by atoms with Crippen LogP contribution in [0, 0.1) is 13.8 Å². The van der Waals surface area contributed by atoms with Gasteiger partial charge in [-0.3, -0.25) is 14.8 Å². The summed E-state index contributed by atoms with van der Waals surface area (Å²) in [4.78, 5) is 24.5. The number of carbonyl (C=O) groups is 1. The molecule has 3 N–H and O–H groups in total. The van der Waals surface area contributed by atoms with Crippen LogP contribution in [0.25, 0.3) is 0 Å². The quantitative estimate of drug-likeness (QED) is 0.514. The van der Waals surface area contributed by atoms with Crippen molar-refractivity contribution >= 4 is 12.1 Å². The molecule has 0 aliphatic carbocycles. The summed E-state index contributed by atoms with van der Waals surface area (Å²) in [6.07, 6.45) is 4.20. The molecule has 164 valence electrons. The van der Waals surface area contributed by atoms with Crippen LogP contribution in [0.1, 0.15) is 50.1 Å². The van der Waals surface area contributed by atoms with Gasteiger partial charge in [-0.25, -0.2) is 0 Å². The summed E-state index contributed by atoms with van der Waals surface area (Å²) >= 11 is 0. The van der Waals surface area contributed by atoms with E-state index in [4.69, 9.17) is 0 Å². The van der Waals surface area contributed by atoms with Gasteiger partial charge in [-0.15, -0.1) is 0 Å². The first kappa shape index (κ1) is 22.9. The molecule has 6 nitrogen and oxygen atoms in total. The van der Waals surface area contributed by atoms with E-state index in [2.05, 4.69) is 20.3 Å². The Morgan fingerprint density at radius 3 is 2.59 bits per heavy atom. The molecule has 0 radical (unpaired) electrons. The number of rotatable bonds is 6. The molecule has 0 fully saturated rings. The summed E-state index contributed by atoms with van der Waals surface area (Å²) in [7, 11) is 1.69. The highest BCUT2D eigenvalue weighted by atomic mass is 16.3. The standard InChI is InChI=1S/C26H28N4O2/c1-18-8-7-11-23(24(18)17-27-3)26(32)29-16-22-15-28-14-21(13-12-19(2)30-22)25(31)20-9-5-4-6-10-20/h4-15,17,25,30-31H,16H2,1-3H3,(H,29,32). The van der Waals surface area contributed by atoms with E-state index in [1.54, 1.807) is 31.7 Å². The molecule has 1 amide bonds. The lowest BCUT2D eigenvalue weighted by atomic mass is 10.0. The summed E-state index contributed by atoms with van der Waals surface area (Å²) in [6, 6.07) is 18.8. The second-order valence-corrected chi connectivity index (χ2v) is 7.49. The molecule has 1 unspecified atom stereocenters. The van der Waals surface area contributed by atoms with E-state index in [9.17, 15) is 9.90 Å². The Labute approximate surface area is 188 Å². The SMILES string of the molecule is CN=Cc1c(C)cccc1C(=O)NCc1cncc(C(O)c2ccccc2)ccc(C)[nH]1. The summed E-state index contributed by atoms with van der Waals surface area (Å²) in [5.41, 5.74) is 5.43. The molecule has 0 aliphatic heterocycles. The highest BCUT2D eigenvalue weighted by Gasteiger charge is 2.12. The number of aromatic amines is 1. The average molecular weight is 429 g/mol. The number of aliphatic hydroxyl groups excluding tert-OH is 1. The van der Waals surface area contributed by atoms with Crippen molar-refractivity contribution in [2.24, 2.45) is 4.99 Å². The lowest BCUT2D eigenvalue weighted by molar-refractivity contribution is 0.0950. The maximum Gasteiger partial charge on any atom is 0.252 e. The summed E-state index contributed by atoms with van der Waals surface area (Å²) in [5.74, 6) is -0.185. The first-order valence-electron chi connectivity index (χ1n) is 10.4. The summed E-state index contributed by atoms with van der Waals surface area (Å²) in [5, 5.41) is 13.6. The zero-order valence-corrected chi connectivity index (χ0v) is 18.5. The highest BCUT2D eigenvalue weighted by molar-refractivity contribution is 6.03. The topological polar surface area (TPSA) is 90.4 Å². The molecule has 0 saturated heterocycles. The molecule has 32 heavy (non-hydrogen) atoms. The van der Waals surface area contributed by atoms with Gasteiger partial charge in [0.1, 0.15) is 6.10 Å². The third kappa shape index (κ3) is 5.89. The summed E-state index contributed by atoms with van der Waals surface area (Å²) in [6.45, 7) is 4.14. The minimum atomic E-state index is -0.779. The molecular weight excluding hydrogens is 400 g/mol. The normalized spacial score (nSPS) is 11.8. The fraction of sp³-hybridized carbons (Fsp3) is 0.192. The second-order valence-electron chi connectivity index (χ2n) is 7.49. The van der Waals surface area contributed by atoms with Gasteiger partial charge in [0.05, 0.1) is 12.2 Å². The van der Waals surface area contributed by atoms with Crippen molar-refractivity contribution in [1.29, 1.82) is 0 Å². The Hall–Kier alpha value is -3.77. The fourth-order valence-corrected chi connectivity index (χ4v) is 3.33. The molecule has 1 atom stereocenters. The van der Waals surface area contributed by atoms with Gasteiger partial charge in [-0.2, -0.15) is 0 Å².